The fourth-order valence-corrected chi connectivity index (χ4v) is 10.6. The first-order valence-corrected chi connectivity index (χ1v) is 42.0. The standard InChI is InChI=1S/6C11H23NS2.Mo.6OS/c6*1-3-5-7-9-12(11(13)14)10-8-6-4-2;;6*1-2/h6*3-10H2,1-2H3,(H,13,14);;;;;;;/q;;;;;;+6;;;;;;/p-6. The molecule has 12 nitrogen and oxygen atoms in total. The Bertz CT molecular complexity index is 1230. The van der Waals surface area contributed by atoms with E-state index in [4.69, 9.17) is 174 Å². The summed E-state index contributed by atoms with van der Waals surface area (Å²) in [6.45, 7) is 39.3. The van der Waals surface area contributed by atoms with Crippen LogP contribution in [0.4, 0.5) is 0 Å². The molecule has 0 aromatic rings. The molecule has 0 N–H and O–H groups in total. The summed E-state index contributed by atoms with van der Waals surface area (Å²) in [7, 11) is 0. The molecule has 0 amide bonds. The zero-order valence-electron chi connectivity index (χ0n) is 61.8. The van der Waals surface area contributed by atoms with Crippen LogP contribution in [0, 0.1) is 0 Å². The van der Waals surface area contributed by atoms with E-state index in [-0.39, 0.29) is 21.1 Å². The molecule has 576 valence electrons. The molecule has 0 aliphatic rings. The van der Waals surface area contributed by atoms with Crippen LogP contribution in [0.3, 0.4) is 0 Å². The van der Waals surface area contributed by atoms with Crippen LogP contribution in [0.25, 0.3) is 0 Å². The fourth-order valence-electron chi connectivity index (χ4n) is 8.40. The summed E-state index contributed by atoms with van der Waals surface area (Å²) in [5, 5.41) is 0. The van der Waals surface area contributed by atoms with Gasteiger partial charge >= 0.3 is 21.1 Å². The molecule has 0 aliphatic carbocycles. The largest absolute Gasteiger partial charge is 6.00 e. The van der Waals surface area contributed by atoms with Gasteiger partial charge in [0.05, 0.1) is 0 Å². The number of rotatable bonds is 48. The summed E-state index contributed by atoms with van der Waals surface area (Å²) >= 11 is 77.7. The van der Waals surface area contributed by atoms with Gasteiger partial charge in [-0.3, -0.25) is 0 Å². The Balaban J connectivity index is -0.0000000766. The molecule has 0 saturated carbocycles. The number of nitrogens with zero attached hydrogens (tertiary/aromatic N) is 6. The third-order valence-corrected chi connectivity index (χ3v) is 17.0. The summed E-state index contributed by atoms with van der Waals surface area (Å²) in [5.41, 5.74) is 0. The Labute approximate surface area is 710 Å². The van der Waals surface area contributed by atoms with Crippen LogP contribution in [0.5, 0.6) is 0 Å². The van der Waals surface area contributed by atoms with Gasteiger partial charge in [-0.05, 0) is 77.0 Å². The zero-order chi connectivity index (χ0) is 76.9. The van der Waals surface area contributed by atoms with E-state index in [9.17, 15) is 0 Å². The zero-order valence-corrected chi connectivity index (χ0v) is 78.5. The predicted molar refractivity (Wildman–Crippen MR) is 472 cm³/mol. The fraction of sp³-hybridized carbons (Fsp3) is 0.909. The van der Waals surface area contributed by atoms with Gasteiger partial charge in [-0.2, -0.15) is 25.3 Å². The first-order chi connectivity index (χ1) is 46.3. The molecular formula is C66H132MoN6O6S18. The van der Waals surface area contributed by atoms with Crippen LogP contribution in [0.1, 0.15) is 314 Å². The molecule has 0 spiro atoms. The normalized spacial score (nSPS) is 9.03. The van der Waals surface area contributed by atoms with Gasteiger partial charge in [0.25, 0.3) is 0 Å². The van der Waals surface area contributed by atoms with Crippen LogP contribution in [0.15, 0.2) is 0 Å². The van der Waals surface area contributed by atoms with Crippen LogP contribution < -0.4 is 0 Å². The van der Waals surface area contributed by atoms with Crippen molar-refractivity contribution in [1.29, 1.82) is 0 Å². The summed E-state index contributed by atoms with van der Waals surface area (Å²) in [6, 6.07) is 0. The minimum Gasteiger partial charge on any atom is -0.411 e. The SMILES string of the molecule is CCCCCN(CCCCC)C(=S)[S-].CCCCCN(CCCCC)C(=S)[S-].CCCCCN(CCCCC)C(=S)[S-].CCCCCN(CCCCC)C(=S)[S-].CCCCCN(CCCCC)C(=S)[S-].CCCCCN(CCCCC)C(=S)[S-].O=S.O=S.O=S.O=S.O=S.O=S.[Mo+6]. The maximum atomic E-state index is 7.83. The van der Waals surface area contributed by atoms with Crippen LogP contribution >= 0.6 is 73.3 Å². The topological polar surface area (TPSA) is 122 Å². The van der Waals surface area contributed by atoms with E-state index < -0.39 is 0 Å². The van der Waals surface area contributed by atoms with Gasteiger partial charge in [0.15, 0.2) is 75.2 Å². The number of unbranched alkanes of at least 4 members (excludes halogenated alkanes) is 24. The second-order valence-corrected chi connectivity index (χ2v) is 28.2. The first kappa shape index (κ1) is 128. The van der Waals surface area contributed by atoms with Crippen molar-refractivity contribution in [3.05, 3.63) is 0 Å². The van der Waals surface area contributed by atoms with Gasteiger partial charge in [0.1, 0.15) is 0 Å². The van der Waals surface area contributed by atoms with Crippen molar-refractivity contribution in [2.75, 3.05) is 78.5 Å². The third kappa shape index (κ3) is 122. The maximum absolute atomic E-state index is 7.83. The summed E-state index contributed by atoms with van der Waals surface area (Å²) in [6.07, 6.45) is 45.1. The van der Waals surface area contributed by atoms with E-state index in [1.165, 1.54) is 231 Å². The molecule has 0 unspecified atom stereocenters. The van der Waals surface area contributed by atoms with Gasteiger partial charge in [-0.15, -0.1) is 0 Å². The van der Waals surface area contributed by atoms with Gasteiger partial charge in [-0.25, -0.2) is 0 Å². The molecule has 0 bridgehead atoms. The van der Waals surface area contributed by atoms with Gasteiger partial charge in [-0.1, -0.05) is 263 Å². The Kier molecular flexibility index (Phi) is 164. The quantitative estimate of drug-likeness (QED) is 0.0248. The number of hydrogen-bond donors (Lipinski definition) is 0. The number of thiocarbonyl (C=S) groups is 6. The van der Waals surface area contributed by atoms with Crippen molar-refractivity contribution < 1.29 is 46.3 Å². The van der Waals surface area contributed by atoms with Crippen LogP contribution in [0.2, 0.25) is 0 Å². The van der Waals surface area contributed by atoms with Crippen molar-refractivity contribution in [3.63, 3.8) is 0 Å². The van der Waals surface area contributed by atoms with Crippen molar-refractivity contribution in [2.45, 2.75) is 314 Å². The van der Waals surface area contributed by atoms with E-state index >= 15 is 0 Å². The van der Waals surface area contributed by atoms with Crippen LogP contribution in [-0.4, -0.2) is 159 Å². The molecule has 0 aromatic carbocycles. The third-order valence-electron chi connectivity index (χ3n) is 13.9. The Morgan fingerprint density at radius 2 is 0.237 bits per heavy atom. The van der Waals surface area contributed by atoms with E-state index in [0.717, 1.165) is 78.5 Å². The molecule has 0 aromatic heterocycles. The molecule has 0 aliphatic heterocycles. The summed E-state index contributed by atoms with van der Waals surface area (Å²) in [4.78, 5) is 13.1. The smallest absolute Gasteiger partial charge is 0.411 e. The molecule has 97 heavy (non-hydrogen) atoms. The van der Waals surface area contributed by atoms with Crippen molar-refractivity contribution in [2.24, 2.45) is 0 Å². The number of hydrogen-bond acceptors (Lipinski definition) is 24. The summed E-state index contributed by atoms with van der Waals surface area (Å²) < 4.78 is 50.9. The Hall–Kier alpha value is 1.47. The summed E-state index contributed by atoms with van der Waals surface area (Å²) in [5.74, 6) is 0. The molecule has 0 atom stereocenters. The van der Waals surface area contributed by atoms with Crippen molar-refractivity contribution in [1.82, 2.24) is 29.4 Å². The molecular weight excluding hydrogens is 1650 g/mol. The van der Waals surface area contributed by atoms with E-state index in [0.29, 0.717) is 25.9 Å². The average molecular weight is 1780 g/mol. The molecule has 0 radical (unpaired) electrons. The maximum Gasteiger partial charge on any atom is 6.00 e. The van der Waals surface area contributed by atoms with Crippen molar-refractivity contribution >= 4 is 250 Å². The predicted octanol–water partition coefficient (Wildman–Crippen LogP) is 19.0. The average Bonchev–Trinajstić information content (AvgIpc) is 3.35. The first-order valence-electron chi connectivity index (χ1n) is 35.1. The minimum absolute atomic E-state index is 0. The Morgan fingerprint density at radius 1 is 0.175 bits per heavy atom. The van der Waals surface area contributed by atoms with E-state index in [2.05, 4.69) is 188 Å². The van der Waals surface area contributed by atoms with Crippen LogP contribution in [-0.2, 0) is 172 Å². The molecule has 31 heteroatoms. The monoisotopic (exact) mass is 1780 g/mol. The molecule has 0 saturated heterocycles. The van der Waals surface area contributed by atoms with Gasteiger partial charge < -0.3 is 178 Å². The Morgan fingerprint density at radius 3 is 0.278 bits per heavy atom. The van der Waals surface area contributed by atoms with E-state index in [1.54, 1.807) is 0 Å². The van der Waals surface area contributed by atoms with Crippen molar-refractivity contribution in [3.8, 4) is 0 Å². The van der Waals surface area contributed by atoms with Gasteiger partial charge in [0, 0.05) is 78.5 Å². The second-order valence-electron chi connectivity index (χ2n) is 22.0. The minimum atomic E-state index is 0. The molecule has 0 heterocycles. The van der Waals surface area contributed by atoms with E-state index in [1.807, 2.05) is 0 Å². The molecule has 0 fully saturated rings. The van der Waals surface area contributed by atoms with Gasteiger partial charge in [0.2, 0.25) is 0 Å². The second kappa shape index (κ2) is 124. The molecule has 0 rings (SSSR count).